The average Bonchev–Trinajstić information content (AvgIpc) is 2.71. The summed E-state index contributed by atoms with van der Waals surface area (Å²) in [6.45, 7) is 0. The summed E-state index contributed by atoms with van der Waals surface area (Å²) in [5, 5.41) is 0.717. The number of rotatable bonds is 2. The summed E-state index contributed by atoms with van der Waals surface area (Å²) >= 11 is 5.93. The Labute approximate surface area is 104 Å². The zero-order valence-corrected chi connectivity index (χ0v) is 9.93. The Bertz CT molecular complexity index is 644. The maximum atomic E-state index is 5.93. The first-order valence-electron chi connectivity index (χ1n) is 5.48. The summed E-state index contributed by atoms with van der Waals surface area (Å²) in [6.07, 6.45) is 4.82. The van der Waals surface area contributed by atoms with Gasteiger partial charge in [-0.1, -0.05) is 41.9 Å². The molecular weight excluding hydrogens is 232 g/mol. The minimum atomic E-state index is 0.717. The molecular formula is C14H11ClN2. The summed E-state index contributed by atoms with van der Waals surface area (Å²) < 4.78 is 1.99. The van der Waals surface area contributed by atoms with Gasteiger partial charge in [0.25, 0.3) is 0 Å². The zero-order valence-electron chi connectivity index (χ0n) is 9.18. The molecule has 0 amide bonds. The van der Waals surface area contributed by atoms with E-state index in [9.17, 15) is 0 Å². The SMILES string of the molecule is Clc1ccn2cc(Cc3ccccc3)nc2c1. The van der Waals surface area contributed by atoms with Gasteiger partial charge in [-0.05, 0) is 17.7 Å². The number of pyridine rings is 1. The second-order valence-electron chi connectivity index (χ2n) is 4.01. The Balaban J connectivity index is 1.96. The van der Waals surface area contributed by atoms with Crippen LogP contribution in [0.15, 0.2) is 54.9 Å². The molecule has 0 aliphatic rings. The van der Waals surface area contributed by atoms with Gasteiger partial charge in [-0.2, -0.15) is 0 Å². The Hall–Kier alpha value is -1.80. The van der Waals surface area contributed by atoms with E-state index in [0.29, 0.717) is 0 Å². The van der Waals surface area contributed by atoms with Gasteiger partial charge in [0.1, 0.15) is 5.65 Å². The van der Waals surface area contributed by atoms with E-state index in [1.165, 1.54) is 5.56 Å². The maximum Gasteiger partial charge on any atom is 0.138 e. The van der Waals surface area contributed by atoms with Gasteiger partial charge in [-0.15, -0.1) is 0 Å². The third-order valence-corrected chi connectivity index (χ3v) is 2.94. The largest absolute Gasteiger partial charge is 0.307 e. The van der Waals surface area contributed by atoms with Crippen molar-refractivity contribution in [2.75, 3.05) is 0 Å². The Kier molecular flexibility index (Phi) is 2.57. The maximum absolute atomic E-state index is 5.93. The molecule has 0 fully saturated rings. The molecule has 2 nitrogen and oxygen atoms in total. The van der Waals surface area contributed by atoms with Crippen molar-refractivity contribution in [2.24, 2.45) is 0 Å². The lowest BCUT2D eigenvalue weighted by molar-refractivity contribution is 1.11. The molecule has 0 aliphatic carbocycles. The van der Waals surface area contributed by atoms with Crippen molar-refractivity contribution < 1.29 is 0 Å². The average molecular weight is 243 g/mol. The Morgan fingerprint density at radius 3 is 2.76 bits per heavy atom. The first kappa shape index (κ1) is 10.4. The predicted octanol–water partition coefficient (Wildman–Crippen LogP) is 3.58. The minimum Gasteiger partial charge on any atom is -0.307 e. The van der Waals surface area contributed by atoms with Crippen molar-refractivity contribution in [3.8, 4) is 0 Å². The number of hydrogen-bond acceptors (Lipinski definition) is 1. The van der Waals surface area contributed by atoms with E-state index in [2.05, 4.69) is 17.1 Å². The van der Waals surface area contributed by atoms with Crippen LogP contribution in [0.2, 0.25) is 5.02 Å². The van der Waals surface area contributed by atoms with Crippen LogP contribution in [0.1, 0.15) is 11.3 Å². The topological polar surface area (TPSA) is 17.3 Å². The highest BCUT2D eigenvalue weighted by molar-refractivity contribution is 6.30. The third-order valence-electron chi connectivity index (χ3n) is 2.70. The van der Waals surface area contributed by atoms with Crippen molar-refractivity contribution in [1.29, 1.82) is 0 Å². The number of halogens is 1. The van der Waals surface area contributed by atoms with Gasteiger partial charge in [-0.25, -0.2) is 4.98 Å². The lowest BCUT2D eigenvalue weighted by Crippen LogP contribution is -1.86. The molecule has 17 heavy (non-hydrogen) atoms. The third kappa shape index (κ3) is 2.17. The highest BCUT2D eigenvalue weighted by Gasteiger charge is 2.02. The van der Waals surface area contributed by atoms with Crippen LogP contribution in [0.3, 0.4) is 0 Å². The molecule has 0 radical (unpaired) electrons. The number of nitrogens with zero attached hydrogens (tertiary/aromatic N) is 2. The van der Waals surface area contributed by atoms with Gasteiger partial charge in [-0.3, -0.25) is 0 Å². The molecule has 0 bridgehead atoms. The summed E-state index contributed by atoms with van der Waals surface area (Å²) in [5.41, 5.74) is 3.21. The van der Waals surface area contributed by atoms with E-state index in [-0.39, 0.29) is 0 Å². The number of benzene rings is 1. The second kappa shape index (κ2) is 4.22. The van der Waals surface area contributed by atoms with Crippen molar-refractivity contribution in [1.82, 2.24) is 9.38 Å². The molecule has 0 N–H and O–H groups in total. The summed E-state index contributed by atoms with van der Waals surface area (Å²) in [4.78, 5) is 4.55. The summed E-state index contributed by atoms with van der Waals surface area (Å²) in [7, 11) is 0. The first-order chi connectivity index (χ1) is 8.31. The van der Waals surface area contributed by atoms with E-state index in [0.717, 1.165) is 22.8 Å². The molecule has 3 heteroatoms. The van der Waals surface area contributed by atoms with Crippen molar-refractivity contribution >= 4 is 17.2 Å². The van der Waals surface area contributed by atoms with E-state index in [1.54, 1.807) is 0 Å². The molecule has 3 aromatic rings. The fraction of sp³-hybridized carbons (Fsp3) is 0.0714. The number of imidazole rings is 1. The lowest BCUT2D eigenvalue weighted by Gasteiger charge is -1.95. The van der Waals surface area contributed by atoms with E-state index in [4.69, 9.17) is 11.6 Å². The Morgan fingerprint density at radius 1 is 1.12 bits per heavy atom. The van der Waals surface area contributed by atoms with E-state index < -0.39 is 0 Å². The minimum absolute atomic E-state index is 0.717. The van der Waals surface area contributed by atoms with Crippen LogP contribution < -0.4 is 0 Å². The van der Waals surface area contributed by atoms with Crippen LogP contribution in [0.4, 0.5) is 0 Å². The van der Waals surface area contributed by atoms with Crippen LogP contribution >= 0.6 is 11.6 Å². The van der Waals surface area contributed by atoms with Crippen LogP contribution in [-0.2, 0) is 6.42 Å². The van der Waals surface area contributed by atoms with Crippen molar-refractivity contribution in [2.45, 2.75) is 6.42 Å². The van der Waals surface area contributed by atoms with Gasteiger partial charge in [0, 0.05) is 23.8 Å². The molecule has 2 aromatic heterocycles. The molecule has 3 rings (SSSR count). The van der Waals surface area contributed by atoms with Gasteiger partial charge in [0.05, 0.1) is 5.69 Å². The molecule has 1 aromatic carbocycles. The highest BCUT2D eigenvalue weighted by atomic mass is 35.5. The van der Waals surface area contributed by atoms with E-state index in [1.807, 2.05) is 47.1 Å². The lowest BCUT2D eigenvalue weighted by atomic mass is 10.1. The van der Waals surface area contributed by atoms with E-state index >= 15 is 0 Å². The number of hydrogen-bond donors (Lipinski definition) is 0. The predicted molar refractivity (Wildman–Crippen MR) is 69.5 cm³/mol. The van der Waals surface area contributed by atoms with Crippen molar-refractivity contribution in [3.63, 3.8) is 0 Å². The number of fused-ring (bicyclic) bond motifs is 1. The normalized spacial score (nSPS) is 10.9. The zero-order chi connectivity index (χ0) is 11.7. The van der Waals surface area contributed by atoms with Crippen LogP contribution in [-0.4, -0.2) is 9.38 Å². The van der Waals surface area contributed by atoms with Crippen molar-refractivity contribution in [3.05, 3.63) is 71.1 Å². The molecule has 0 saturated heterocycles. The monoisotopic (exact) mass is 242 g/mol. The molecule has 84 valence electrons. The fourth-order valence-electron chi connectivity index (χ4n) is 1.90. The van der Waals surface area contributed by atoms with Gasteiger partial charge in [0.15, 0.2) is 0 Å². The Morgan fingerprint density at radius 2 is 1.94 bits per heavy atom. The summed E-state index contributed by atoms with van der Waals surface area (Å²) in [5.74, 6) is 0. The van der Waals surface area contributed by atoms with Crippen LogP contribution in [0, 0.1) is 0 Å². The first-order valence-corrected chi connectivity index (χ1v) is 5.86. The quantitative estimate of drug-likeness (QED) is 0.672. The van der Waals surface area contributed by atoms with Gasteiger partial charge in [0.2, 0.25) is 0 Å². The van der Waals surface area contributed by atoms with Crippen LogP contribution in [0.25, 0.3) is 5.65 Å². The molecule has 0 aliphatic heterocycles. The number of aromatic nitrogens is 2. The van der Waals surface area contributed by atoms with Crippen LogP contribution in [0.5, 0.6) is 0 Å². The second-order valence-corrected chi connectivity index (χ2v) is 4.44. The summed E-state index contributed by atoms with van der Waals surface area (Å²) in [6, 6.07) is 14.1. The standard InChI is InChI=1S/C14H11ClN2/c15-12-6-7-17-10-13(16-14(17)9-12)8-11-4-2-1-3-5-11/h1-7,9-10H,8H2. The molecule has 2 heterocycles. The van der Waals surface area contributed by atoms with Gasteiger partial charge >= 0.3 is 0 Å². The molecule has 0 unspecified atom stereocenters. The fourth-order valence-corrected chi connectivity index (χ4v) is 2.05. The van der Waals surface area contributed by atoms with Gasteiger partial charge < -0.3 is 4.40 Å². The molecule has 0 atom stereocenters. The highest BCUT2D eigenvalue weighted by Crippen LogP contribution is 2.14. The smallest absolute Gasteiger partial charge is 0.138 e. The molecule has 0 saturated carbocycles. The molecule has 0 spiro atoms.